The van der Waals surface area contributed by atoms with Gasteiger partial charge in [0.25, 0.3) is 0 Å². The molecule has 0 aliphatic carbocycles. The van der Waals surface area contributed by atoms with Gasteiger partial charge in [-0.05, 0) is 0 Å². The van der Waals surface area contributed by atoms with E-state index >= 15 is 0 Å². The zero-order valence-electron chi connectivity index (χ0n) is 4.34. The molecule has 0 radical (unpaired) electrons. The van der Waals surface area contributed by atoms with Gasteiger partial charge in [-0.3, -0.25) is 9.68 Å². The van der Waals surface area contributed by atoms with Gasteiger partial charge in [0.2, 0.25) is 0 Å². The number of hydrogen-bond acceptors (Lipinski definition) is 8. The maximum atomic E-state index is 9.94. The van der Waals surface area contributed by atoms with Crippen LogP contribution in [0.2, 0.25) is 0 Å². The Bertz CT molecular complexity index is 162. The molecule has 0 saturated carbocycles. The van der Waals surface area contributed by atoms with Crippen molar-refractivity contribution in [3.63, 3.8) is 0 Å². The Hall–Kier alpha value is 1.41. The number of rotatable bonds is 2. The number of carbonyl (C=O) groups excluding carboxylic acids is 2. The predicted octanol–water partition coefficient (Wildman–Crippen LogP) is -1.86. The second-order valence-electron chi connectivity index (χ2n) is 0.907. The first-order valence-corrected chi connectivity index (χ1v) is 1.80. The summed E-state index contributed by atoms with van der Waals surface area (Å²) in [6.45, 7) is 0. The topological polar surface area (TPSA) is 111 Å². The molecule has 0 unspecified atom stereocenters. The Morgan fingerprint density at radius 2 is 1.08 bits per heavy atom. The van der Waals surface area contributed by atoms with Crippen LogP contribution in [0.25, 0.3) is 0 Å². The van der Waals surface area contributed by atoms with E-state index in [0.29, 0.717) is 0 Å². The van der Waals surface area contributed by atoms with Crippen LogP contribution in [0.1, 0.15) is 0 Å². The van der Waals surface area contributed by atoms with Crippen molar-refractivity contribution in [3.05, 3.63) is 9.81 Å². The molecule has 0 spiro atoms. The van der Waals surface area contributed by atoms with Gasteiger partial charge in [-0.1, -0.05) is 0 Å². The molecule has 0 amide bonds. The Balaban J connectivity index is -0.000000405. The van der Waals surface area contributed by atoms with Crippen LogP contribution in [0, 0.1) is 9.81 Å². The van der Waals surface area contributed by atoms with Crippen LogP contribution < -0.4 is 0 Å². The third-order valence-electron chi connectivity index (χ3n) is 0.407. The molecule has 0 aliphatic rings. The quantitative estimate of drug-likeness (QED) is 0.237. The molecule has 0 aliphatic heterocycles. The van der Waals surface area contributed by atoms with Crippen molar-refractivity contribution >= 4 is 115 Å². The van der Waals surface area contributed by atoms with Crippen LogP contribution in [0.15, 0.2) is 10.7 Å². The molecule has 10 heteroatoms. The van der Waals surface area contributed by atoms with E-state index in [9.17, 15) is 9.59 Å². The summed E-state index contributed by atoms with van der Waals surface area (Å²) >= 11 is 0. The van der Waals surface area contributed by atoms with Crippen molar-refractivity contribution in [2.24, 2.45) is 10.7 Å². The Morgan fingerprint density at radius 3 is 1.25 bits per heavy atom. The number of carbonyl (C=O) groups is 2. The summed E-state index contributed by atoms with van der Waals surface area (Å²) in [5.74, 6) is -3.40. The first-order chi connectivity index (χ1) is 4.72. The first-order valence-electron chi connectivity index (χ1n) is 1.80. The molecule has 0 aromatic heterocycles. The van der Waals surface area contributed by atoms with Crippen LogP contribution >= 0.6 is 0 Å². The zero-order valence-corrected chi connectivity index (χ0v) is 4.34. The zero-order chi connectivity index (χ0) is 7.98. The van der Waals surface area contributed by atoms with Crippen LogP contribution in [0.4, 0.5) is 0 Å². The minimum absolute atomic E-state index is 0. The Morgan fingerprint density at radius 1 is 0.833 bits per heavy atom. The van der Waals surface area contributed by atoms with Crippen molar-refractivity contribution < 1.29 is 19.3 Å². The molecule has 0 saturated heterocycles. The van der Waals surface area contributed by atoms with Gasteiger partial charge in [-0.25, -0.2) is 9.59 Å². The second kappa shape index (κ2) is 12.4. The fraction of sp³-hybridized carbons (Fsp3) is 0. The van der Waals surface area contributed by atoms with Gasteiger partial charge in [0.15, 0.2) is 10.7 Å². The molecule has 0 fully saturated rings. The third-order valence-corrected chi connectivity index (χ3v) is 0.407. The maximum absolute atomic E-state index is 9.94. The van der Waals surface area contributed by atoms with Crippen molar-refractivity contribution in [1.82, 2.24) is 0 Å². The normalized spacial score (nSPS) is 6.33. The molecule has 0 aromatic rings. The van der Waals surface area contributed by atoms with Gasteiger partial charge in [0, 0.05) is 0 Å². The van der Waals surface area contributed by atoms with E-state index in [1.165, 1.54) is 0 Å². The van der Waals surface area contributed by atoms with E-state index in [1.54, 1.807) is 10.7 Å². The molecule has 0 aromatic carbocycles. The van der Waals surface area contributed by atoms with Crippen LogP contribution in [-0.4, -0.2) is 115 Å². The van der Waals surface area contributed by atoms with Gasteiger partial charge in [0.1, 0.15) is 0 Å². The van der Waals surface area contributed by atoms with Crippen LogP contribution in [0.3, 0.4) is 0 Å². The molecular weight excluding hydrogens is 226 g/mol. The molecule has 0 bridgehead atoms. The van der Waals surface area contributed by atoms with Gasteiger partial charge in [-0.2, -0.15) is 0 Å². The Labute approximate surface area is 151 Å². The molecule has 0 N–H and O–H groups in total. The minimum atomic E-state index is -1.70. The summed E-state index contributed by atoms with van der Waals surface area (Å²) < 4.78 is 0. The SMILES string of the molecule is O=NOC(=O)C(=O)ON=O.[KH].[KH]. The summed E-state index contributed by atoms with van der Waals surface area (Å²) in [7, 11) is 0. The number of nitrogens with zero attached hydrogens (tertiary/aromatic N) is 2. The standard InChI is InChI=1S/C2N2O6.2K.2H/c5-1(9-3-7)2(6)10-4-8;;;;. The summed E-state index contributed by atoms with van der Waals surface area (Å²) in [4.78, 5) is 44.5. The van der Waals surface area contributed by atoms with E-state index in [1.807, 2.05) is 0 Å². The molecule has 0 atom stereocenters. The summed E-state index contributed by atoms with van der Waals surface area (Å²) in [5.41, 5.74) is 0. The first kappa shape index (κ1) is 19.1. The molecule has 8 nitrogen and oxygen atoms in total. The van der Waals surface area contributed by atoms with Crippen molar-refractivity contribution in [1.29, 1.82) is 0 Å². The number of hydrogen-bond donors (Lipinski definition) is 0. The van der Waals surface area contributed by atoms with E-state index in [2.05, 4.69) is 9.68 Å². The van der Waals surface area contributed by atoms with E-state index in [-0.39, 0.29) is 103 Å². The fourth-order valence-electron chi connectivity index (χ4n) is 0.142. The molecule has 0 rings (SSSR count). The van der Waals surface area contributed by atoms with Gasteiger partial charge in [0.05, 0.1) is 0 Å². The van der Waals surface area contributed by atoms with E-state index < -0.39 is 11.9 Å². The van der Waals surface area contributed by atoms with E-state index in [0.717, 1.165) is 0 Å². The average molecular weight is 228 g/mol. The fourth-order valence-corrected chi connectivity index (χ4v) is 0.142. The summed E-state index contributed by atoms with van der Waals surface area (Å²) in [5, 5.41) is 3.19. The van der Waals surface area contributed by atoms with Crippen LogP contribution in [-0.2, 0) is 19.3 Å². The second-order valence-corrected chi connectivity index (χ2v) is 0.907. The predicted molar refractivity (Wildman–Crippen MR) is 38.1 cm³/mol. The van der Waals surface area contributed by atoms with Crippen LogP contribution in [0.5, 0.6) is 0 Å². The summed E-state index contributed by atoms with van der Waals surface area (Å²) in [6, 6.07) is 0. The van der Waals surface area contributed by atoms with Crippen molar-refractivity contribution in [2.75, 3.05) is 0 Å². The molecule has 58 valence electrons. The third kappa shape index (κ3) is 9.50. The van der Waals surface area contributed by atoms with Gasteiger partial charge in [-0.15, -0.1) is 9.81 Å². The summed E-state index contributed by atoms with van der Waals surface area (Å²) in [6.07, 6.45) is 0. The Kier molecular flexibility index (Phi) is 19.7. The molecular formula is C2H2K2N2O6. The average Bonchev–Trinajstić information content (AvgIpc) is 1.89. The van der Waals surface area contributed by atoms with Gasteiger partial charge < -0.3 is 0 Å². The van der Waals surface area contributed by atoms with E-state index in [4.69, 9.17) is 9.81 Å². The monoisotopic (exact) mass is 228 g/mol. The van der Waals surface area contributed by atoms with Gasteiger partial charge >= 0.3 is 115 Å². The van der Waals surface area contributed by atoms with Crippen molar-refractivity contribution in [2.45, 2.75) is 0 Å². The molecule has 0 heterocycles. The molecule has 12 heavy (non-hydrogen) atoms. The van der Waals surface area contributed by atoms with Crippen molar-refractivity contribution in [3.8, 4) is 0 Å².